The molecule has 0 aliphatic carbocycles. The lowest BCUT2D eigenvalue weighted by Gasteiger charge is -2.26. The highest BCUT2D eigenvalue weighted by molar-refractivity contribution is 6.30. The van der Waals surface area contributed by atoms with Crippen molar-refractivity contribution in [3.05, 3.63) is 59.1 Å². The van der Waals surface area contributed by atoms with Crippen LogP contribution in [-0.2, 0) is 9.53 Å². The molecule has 2 heterocycles. The molecule has 0 saturated carbocycles. The molecule has 2 aliphatic heterocycles. The molecule has 0 unspecified atom stereocenters. The van der Waals surface area contributed by atoms with Gasteiger partial charge in [-0.05, 0) is 36.8 Å². The number of carbonyl (C=O) groups is 1. The van der Waals surface area contributed by atoms with Crippen LogP contribution in [0, 0.1) is 0 Å². The molecule has 2 aromatic rings. The lowest BCUT2D eigenvalue weighted by Crippen LogP contribution is -2.46. The number of ether oxygens (including phenoxy) is 1. The van der Waals surface area contributed by atoms with Gasteiger partial charge in [0, 0.05) is 23.8 Å². The van der Waals surface area contributed by atoms with Gasteiger partial charge in [-0.25, -0.2) is 4.99 Å². The van der Waals surface area contributed by atoms with Crippen LogP contribution in [0.1, 0.15) is 18.4 Å². The molecule has 0 aromatic heterocycles. The Hall–Kier alpha value is -2.54. The van der Waals surface area contributed by atoms with E-state index in [-0.39, 0.29) is 11.8 Å². The van der Waals surface area contributed by atoms with Crippen LogP contribution in [0.3, 0.4) is 0 Å². The Balaban J connectivity index is 1.66. The van der Waals surface area contributed by atoms with Crippen molar-refractivity contribution in [1.29, 1.82) is 0 Å². The highest BCUT2D eigenvalue weighted by Gasteiger charge is 2.27. The molecular weight excluding hydrogens is 388 g/mol. The molecular formula is C22H23ClN4O2. The highest BCUT2D eigenvalue weighted by Crippen LogP contribution is 2.34. The van der Waals surface area contributed by atoms with Gasteiger partial charge in [0.05, 0.1) is 37.1 Å². The number of fused-ring (bicyclic) bond motifs is 1. The van der Waals surface area contributed by atoms with Crippen LogP contribution in [-0.4, -0.2) is 55.2 Å². The highest BCUT2D eigenvalue weighted by atomic mass is 35.5. The number of rotatable bonds is 3. The lowest BCUT2D eigenvalue weighted by atomic mass is 9.93. The van der Waals surface area contributed by atoms with Crippen LogP contribution in [0.15, 0.2) is 58.5 Å². The Morgan fingerprint density at radius 3 is 2.45 bits per heavy atom. The number of nitrogens with zero attached hydrogens (tertiary/aromatic N) is 3. The first-order valence-corrected chi connectivity index (χ1v) is 10.1. The summed E-state index contributed by atoms with van der Waals surface area (Å²) in [5.41, 5.74) is 3.38. The normalized spacial score (nSPS) is 19.6. The van der Waals surface area contributed by atoms with Crippen molar-refractivity contribution in [1.82, 2.24) is 10.2 Å². The van der Waals surface area contributed by atoms with Gasteiger partial charge in [0.25, 0.3) is 0 Å². The van der Waals surface area contributed by atoms with Crippen molar-refractivity contribution in [2.75, 3.05) is 32.8 Å². The van der Waals surface area contributed by atoms with E-state index in [1.165, 1.54) is 0 Å². The van der Waals surface area contributed by atoms with Gasteiger partial charge in [-0.15, -0.1) is 0 Å². The van der Waals surface area contributed by atoms with Crippen molar-refractivity contribution in [2.24, 2.45) is 9.98 Å². The third-order valence-electron chi connectivity index (χ3n) is 5.05. The van der Waals surface area contributed by atoms with Crippen LogP contribution >= 0.6 is 11.6 Å². The maximum absolute atomic E-state index is 12.8. The zero-order valence-corrected chi connectivity index (χ0v) is 17.0. The van der Waals surface area contributed by atoms with Gasteiger partial charge < -0.3 is 10.1 Å². The number of aliphatic imine (C=N–C) groups is 2. The Bertz CT molecular complexity index is 950. The van der Waals surface area contributed by atoms with E-state index in [4.69, 9.17) is 26.3 Å². The second kappa shape index (κ2) is 8.86. The molecule has 1 atom stereocenters. The number of benzene rings is 2. The van der Waals surface area contributed by atoms with Crippen LogP contribution in [0.4, 0.5) is 11.4 Å². The van der Waals surface area contributed by atoms with E-state index in [2.05, 4.69) is 10.2 Å². The molecule has 0 bridgehead atoms. The molecule has 2 aromatic carbocycles. The maximum Gasteiger partial charge on any atom is 0.239 e. The van der Waals surface area contributed by atoms with Crippen molar-refractivity contribution in [3.63, 3.8) is 0 Å². The van der Waals surface area contributed by atoms with E-state index in [1.54, 1.807) is 0 Å². The molecule has 1 amide bonds. The molecule has 2 aliphatic rings. The number of amidine groups is 1. The van der Waals surface area contributed by atoms with Gasteiger partial charge in [-0.1, -0.05) is 35.9 Å². The molecule has 4 rings (SSSR count). The lowest BCUT2D eigenvalue weighted by molar-refractivity contribution is -0.121. The van der Waals surface area contributed by atoms with Crippen LogP contribution < -0.4 is 5.32 Å². The van der Waals surface area contributed by atoms with Gasteiger partial charge >= 0.3 is 0 Å². The number of para-hydroxylation sites is 2. The van der Waals surface area contributed by atoms with Gasteiger partial charge in [0.1, 0.15) is 5.84 Å². The number of morpholine rings is 1. The summed E-state index contributed by atoms with van der Waals surface area (Å²) in [4.78, 5) is 24.5. The molecule has 150 valence electrons. The van der Waals surface area contributed by atoms with E-state index in [9.17, 15) is 4.79 Å². The zero-order chi connectivity index (χ0) is 20.2. The Morgan fingerprint density at radius 1 is 1.10 bits per heavy atom. The maximum atomic E-state index is 12.8. The minimum absolute atomic E-state index is 0.0863. The zero-order valence-electron chi connectivity index (χ0n) is 16.3. The molecule has 1 fully saturated rings. The van der Waals surface area contributed by atoms with E-state index in [1.807, 2.05) is 55.5 Å². The third kappa shape index (κ3) is 4.72. The SMILES string of the molecule is CC1=Nc2ccccc2N=C(NC(=O)CN2CCOCC2)[C@@H]1c1ccc(Cl)cc1. The summed E-state index contributed by atoms with van der Waals surface area (Å²) >= 11 is 6.08. The summed E-state index contributed by atoms with van der Waals surface area (Å²) in [7, 11) is 0. The third-order valence-corrected chi connectivity index (χ3v) is 5.30. The molecule has 29 heavy (non-hydrogen) atoms. The topological polar surface area (TPSA) is 66.3 Å². The number of hydrogen-bond acceptors (Lipinski definition) is 5. The van der Waals surface area contributed by atoms with E-state index >= 15 is 0 Å². The van der Waals surface area contributed by atoms with Gasteiger partial charge in [0.15, 0.2) is 0 Å². The van der Waals surface area contributed by atoms with Crippen LogP contribution in [0.5, 0.6) is 0 Å². The fourth-order valence-corrected chi connectivity index (χ4v) is 3.73. The van der Waals surface area contributed by atoms with Gasteiger partial charge in [-0.2, -0.15) is 0 Å². The van der Waals surface area contributed by atoms with E-state index in [0.29, 0.717) is 30.6 Å². The summed E-state index contributed by atoms with van der Waals surface area (Å²) in [5.74, 6) is 0.238. The standard InChI is InChI=1S/C22H23ClN4O2/c1-15-21(16-6-8-17(23)9-7-16)22(25-19-5-3-2-4-18(19)24-15)26-20(28)14-27-10-12-29-13-11-27/h2-9,21H,10-14H2,1H3,(H,25,26,28)/t21-/m0/s1. The predicted octanol–water partition coefficient (Wildman–Crippen LogP) is 3.71. The fourth-order valence-electron chi connectivity index (χ4n) is 3.60. The Labute approximate surface area is 175 Å². The molecule has 1 saturated heterocycles. The first-order valence-electron chi connectivity index (χ1n) is 9.68. The second-order valence-corrected chi connectivity index (χ2v) is 7.60. The van der Waals surface area contributed by atoms with Crippen molar-refractivity contribution in [3.8, 4) is 0 Å². The summed E-state index contributed by atoms with van der Waals surface area (Å²) in [6.07, 6.45) is 0. The van der Waals surface area contributed by atoms with Crippen LogP contribution in [0.2, 0.25) is 5.02 Å². The van der Waals surface area contributed by atoms with Crippen molar-refractivity contribution >= 4 is 40.4 Å². The smallest absolute Gasteiger partial charge is 0.239 e. The van der Waals surface area contributed by atoms with Gasteiger partial charge in [0.2, 0.25) is 5.91 Å². The van der Waals surface area contributed by atoms with Gasteiger partial charge in [-0.3, -0.25) is 14.7 Å². The van der Waals surface area contributed by atoms with E-state index < -0.39 is 0 Å². The first kappa shape index (κ1) is 19.8. The largest absolute Gasteiger partial charge is 0.379 e. The summed E-state index contributed by atoms with van der Waals surface area (Å²) in [5, 5.41) is 3.72. The predicted molar refractivity (Wildman–Crippen MR) is 116 cm³/mol. The summed E-state index contributed by atoms with van der Waals surface area (Å²) in [6, 6.07) is 15.3. The Morgan fingerprint density at radius 2 is 1.76 bits per heavy atom. The fraction of sp³-hybridized carbons (Fsp3) is 0.318. The number of amides is 1. The molecule has 6 nitrogen and oxygen atoms in total. The van der Waals surface area contributed by atoms with Crippen molar-refractivity contribution < 1.29 is 9.53 Å². The minimum atomic E-state index is -0.256. The minimum Gasteiger partial charge on any atom is -0.379 e. The second-order valence-electron chi connectivity index (χ2n) is 7.16. The van der Waals surface area contributed by atoms with Crippen LogP contribution in [0.25, 0.3) is 0 Å². The van der Waals surface area contributed by atoms with Crippen molar-refractivity contribution in [2.45, 2.75) is 12.8 Å². The molecule has 0 spiro atoms. The average Bonchev–Trinajstić information content (AvgIpc) is 2.85. The average molecular weight is 411 g/mol. The molecule has 1 N–H and O–H groups in total. The quantitative estimate of drug-likeness (QED) is 0.838. The molecule has 0 radical (unpaired) electrons. The number of carbonyl (C=O) groups excluding carboxylic acids is 1. The van der Waals surface area contributed by atoms with E-state index in [0.717, 1.165) is 35.7 Å². The number of halogens is 1. The monoisotopic (exact) mass is 410 g/mol. The Kier molecular flexibility index (Phi) is 6.04. The first-order chi connectivity index (χ1) is 14.1. The molecule has 7 heteroatoms. The number of hydrogen-bond donors (Lipinski definition) is 1. The number of nitrogens with one attached hydrogen (secondary N) is 1. The summed E-state index contributed by atoms with van der Waals surface area (Å²) < 4.78 is 5.36. The summed E-state index contributed by atoms with van der Waals surface area (Å²) in [6.45, 7) is 5.09.